The minimum absolute atomic E-state index is 0.0133. The van der Waals surface area contributed by atoms with E-state index >= 15 is 0 Å². The van der Waals surface area contributed by atoms with Crippen molar-refractivity contribution in [2.24, 2.45) is 0 Å². The second kappa shape index (κ2) is 12.3. The Bertz CT molecular complexity index is 2010. The van der Waals surface area contributed by atoms with Gasteiger partial charge in [0.05, 0.1) is 4.90 Å². The molecule has 5 aromatic carbocycles. The molecule has 0 saturated carbocycles. The highest BCUT2D eigenvalue weighted by molar-refractivity contribution is 7.87. The number of hydrogen-bond donors (Lipinski definition) is 0. The van der Waals surface area contributed by atoms with E-state index < -0.39 is 20.2 Å². The molecule has 8 heteroatoms. The molecule has 0 radical (unpaired) electrons. The van der Waals surface area contributed by atoms with Crippen molar-refractivity contribution >= 4 is 20.2 Å². The lowest BCUT2D eigenvalue weighted by Gasteiger charge is -2.27. The minimum Gasteiger partial charge on any atom is -0.744 e. The fourth-order valence-corrected chi connectivity index (χ4v) is 8.35. The van der Waals surface area contributed by atoms with Crippen molar-refractivity contribution in [1.29, 1.82) is 0 Å². The molecule has 45 heavy (non-hydrogen) atoms. The molecule has 0 heterocycles. The highest BCUT2D eigenvalue weighted by Crippen LogP contribution is 2.45. The molecule has 5 aromatic rings. The van der Waals surface area contributed by atoms with E-state index in [-0.39, 0.29) is 21.5 Å². The predicted octanol–water partition coefficient (Wildman–Crippen LogP) is 8.36. The predicted molar refractivity (Wildman–Crippen MR) is 176 cm³/mol. The van der Waals surface area contributed by atoms with Gasteiger partial charge in [-0.3, -0.25) is 0 Å². The summed E-state index contributed by atoms with van der Waals surface area (Å²) >= 11 is 0. The molecule has 0 amide bonds. The third kappa shape index (κ3) is 6.18. The quantitative estimate of drug-likeness (QED) is 0.125. The summed E-state index contributed by atoms with van der Waals surface area (Å²) < 4.78 is 72.8. The van der Waals surface area contributed by atoms with Crippen molar-refractivity contribution in [1.82, 2.24) is 0 Å². The molecule has 0 aromatic heterocycles. The zero-order chi connectivity index (χ0) is 31.8. The lowest BCUT2D eigenvalue weighted by Crippen LogP contribution is -2.19. The van der Waals surface area contributed by atoms with E-state index in [4.69, 9.17) is 4.18 Å². The largest absolute Gasteiger partial charge is 0.744 e. The van der Waals surface area contributed by atoms with Gasteiger partial charge < -0.3 is 8.74 Å². The number of fused-ring (bicyclic) bond motifs is 1. The molecule has 0 N–H and O–H groups in total. The van der Waals surface area contributed by atoms with Gasteiger partial charge in [0.25, 0.3) is 0 Å². The number of rotatable bonds is 8. The van der Waals surface area contributed by atoms with Crippen LogP contribution in [-0.4, -0.2) is 21.4 Å². The van der Waals surface area contributed by atoms with Crippen LogP contribution in [-0.2, 0) is 33.1 Å². The Balaban J connectivity index is 1.65. The summed E-state index contributed by atoms with van der Waals surface area (Å²) in [5.41, 5.74) is 5.36. The lowest BCUT2D eigenvalue weighted by atomic mass is 9.87. The summed E-state index contributed by atoms with van der Waals surface area (Å²) in [6.07, 6.45) is 2.18. The van der Waals surface area contributed by atoms with Gasteiger partial charge in [-0.05, 0) is 77.6 Å². The summed E-state index contributed by atoms with van der Waals surface area (Å²) in [5, 5.41) is 0. The Morgan fingerprint density at radius 1 is 0.622 bits per heavy atom. The second-order valence-corrected chi connectivity index (χ2v) is 14.4. The average Bonchev–Trinajstić information content (AvgIpc) is 3.04. The van der Waals surface area contributed by atoms with Gasteiger partial charge in [-0.2, -0.15) is 8.42 Å². The molecule has 1 aliphatic rings. The number of benzene rings is 5. The van der Waals surface area contributed by atoms with E-state index in [0.717, 1.165) is 17.5 Å². The van der Waals surface area contributed by atoms with Crippen LogP contribution < -0.4 is 4.18 Å². The number of hydrogen-bond acceptors (Lipinski definition) is 6. The van der Waals surface area contributed by atoms with Crippen LogP contribution in [0.4, 0.5) is 0 Å². The van der Waals surface area contributed by atoms with Crippen LogP contribution in [0.2, 0.25) is 0 Å². The molecule has 1 aliphatic carbocycles. The van der Waals surface area contributed by atoms with Crippen molar-refractivity contribution < 1.29 is 25.6 Å². The molecule has 0 unspecified atom stereocenters. The first kappa shape index (κ1) is 30.8. The van der Waals surface area contributed by atoms with Crippen LogP contribution in [0.25, 0.3) is 33.4 Å². The van der Waals surface area contributed by atoms with Crippen molar-refractivity contribution in [3.8, 4) is 39.1 Å². The fourth-order valence-electron chi connectivity index (χ4n) is 6.16. The first-order valence-corrected chi connectivity index (χ1v) is 17.8. The van der Waals surface area contributed by atoms with Crippen LogP contribution in [0.1, 0.15) is 49.3 Å². The standard InChI is InChI=1S/C37H34O6S2/c1-25(2)32-24-35(44(38,39)40)30-20-12-13-21-31(30)36(32)43-45(41,42)37-33(27-16-8-4-9-17-27)22-29(26-14-6-3-7-15-26)23-34(37)28-18-10-5-11-19-28/h3-11,14-19,22-25H,12-13,20-21H2,1-2H3,(H,38,39,40)/p-1. The van der Waals surface area contributed by atoms with Gasteiger partial charge in [0.1, 0.15) is 20.8 Å². The second-order valence-electron chi connectivity index (χ2n) is 11.6. The molecule has 0 spiro atoms. The third-order valence-corrected chi connectivity index (χ3v) is 10.5. The maximum absolute atomic E-state index is 14.8. The van der Waals surface area contributed by atoms with Gasteiger partial charge in [0, 0.05) is 22.3 Å². The molecule has 6 rings (SSSR count). The maximum atomic E-state index is 14.8. The SMILES string of the molecule is CC(C)c1cc(S(=O)(=O)[O-])c2c(c1OS(=O)(=O)c1c(-c3ccccc3)cc(-c3ccccc3)cc1-c1ccccc1)CCCC2. The van der Waals surface area contributed by atoms with Gasteiger partial charge in [0.15, 0.2) is 0 Å². The summed E-state index contributed by atoms with van der Waals surface area (Å²) in [5.74, 6) is -0.192. The zero-order valence-electron chi connectivity index (χ0n) is 25.1. The molecular formula is C37H33O6S2-. The first-order valence-electron chi connectivity index (χ1n) is 15.0. The van der Waals surface area contributed by atoms with Gasteiger partial charge in [0.2, 0.25) is 0 Å². The van der Waals surface area contributed by atoms with E-state index in [1.54, 1.807) is 0 Å². The molecule has 0 fully saturated rings. The Hall–Kier alpha value is -4.24. The fraction of sp³-hybridized carbons (Fsp3) is 0.189. The summed E-state index contributed by atoms with van der Waals surface area (Å²) in [6, 6.07) is 33.5. The Kier molecular flexibility index (Phi) is 8.39. The van der Waals surface area contributed by atoms with Crippen LogP contribution in [0, 0.1) is 0 Å². The summed E-state index contributed by atoms with van der Waals surface area (Å²) in [7, 11) is -9.32. The van der Waals surface area contributed by atoms with Gasteiger partial charge in [-0.15, -0.1) is 0 Å². The molecule has 0 bridgehead atoms. The normalized spacial score (nSPS) is 13.4. The van der Waals surface area contributed by atoms with Gasteiger partial charge in [-0.25, -0.2) is 8.42 Å². The third-order valence-electron chi connectivity index (χ3n) is 8.29. The molecule has 6 nitrogen and oxygen atoms in total. The smallest absolute Gasteiger partial charge is 0.340 e. The van der Waals surface area contributed by atoms with Crippen LogP contribution >= 0.6 is 0 Å². The van der Waals surface area contributed by atoms with E-state index in [9.17, 15) is 21.4 Å². The van der Waals surface area contributed by atoms with E-state index in [1.165, 1.54) is 6.07 Å². The Morgan fingerprint density at radius 2 is 1.09 bits per heavy atom. The first-order chi connectivity index (χ1) is 21.5. The van der Waals surface area contributed by atoms with E-state index in [0.29, 0.717) is 58.2 Å². The van der Waals surface area contributed by atoms with Crippen LogP contribution in [0.3, 0.4) is 0 Å². The van der Waals surface area contributed by atoms with Crippen LogP contribution in [0.5, 0.6) is 5.75 Å². The highest BCUT2D eigenvalue weighted by Gasteiger charge is 2.32. The van der Waals surface area contributed by atoms with Crippen molar-refractivity contribution in [3.05, 3.63) is 126 Å². The molecular weight excluding hydrogens is 605 g/mol. The van der Waals surface area contributed by atoms with E-state index in [1.807, 2.05) is 117 Å². The zero-order valence-corrected chi connectivity index (χ0v) is 26.7. The van der Waals surface area contributed by atoms with Gasteiger partial charge >= 0.3 is 10.1 Å². The average molecular weight is 638 g/mol. The van der Waals surface area contributed by atoms with E-state index in [2.05, 4.69) is 0 Å². The lowest BCUT2D eigenvalue weighted by molar-refractivity contribution is 0.458. The molecule has 230 valence electrons. The topological polar surface area (TPSA) is 101 Å². The Labute approximate surface area is 265 Å². The molecule has 0 saturated heterocycles. The van der Waals surface area contributed by atoms with Gasteiger partial charge in [-0.1, -0.05) is 105 Å². The molecule has 0 aliphatic heterocycles. The van der Waals surface area contributed by atoms with Crippen molar-refractivity contribution in [3.63, 3.8) is 0 Å². The minimum atomic E-state index is -4.78. The monoisotopic (exact) mass is 637 g/mol. The summed E-state index contributed by atoms with van der Waals surface area (Å²) in [4.78, 5) is -0.271. The maximum Gasteiger partial charge on any atom is 0.340 e. The van der Waals surface area contributed by atoms with Crippen molar-refractivity contribution in [2.45, 2.75) is 55.2 Å². The summed E-state index contributed by atoms with van der Waals surface area (Å²) in [6.45, 7) is 3.65. The molecule has 0 atom stereocenters. The Morgan fingerprint density at radius 3 is 1.56 bits per heavy atom. The van der Waals surface area contributed by atoms with Crippen LogP contribution in [0.15, 0.2) is 119 Å². The highest BCUT2D eigenvalue weighted by atomic mass is 32.2. The van der Waals surface area contributed by atoms with Crippen molar-refractivity contribution in [2.75, 3.05) is 0 Å².